The molecule has 0 heterocycles. The van der Waals surface area contributed by atoms with Gasteiger partial charge in [-0.1, -0.05) is 209 Å². The zero-order valence-electron chi connectivity index (χ0n) is 40.6. The van der Waals surface area contributed by atoms with Gasteiger partial charge in [-0.25, -0.2) is 0 Å². The molecule has 0 aliphatic heterocycles. The highest BCUT2D eigenvalue weighted by Crippen LogP contribution is 2.14. The van der Waals surface area contributed by atoms with Crippen molar-refractivity contribution >= 4 is 17.9 Å². The van der Waals surface area contributed by atoms with Crippen molar-refractivity contribution in [3.8, 4) is 0 Å². The normalized spacial score (nSPS) is 12.6. The number of carbonyl (C=O) groups is 3. The summed E-state index contributed by atoms with van der Waals surface area (Å²) in [6, 6.07) is 0. The van der Waals surface area contributed by atoms with Gasteiger partial charge in [0.2, 0.25) is 0 Å². The Labute approximate surface area is 382 Å². The van der Waals surface area contributed by atoms with E-state index in [1.54, 1.807) is 0 Å². The topological polar surface area (TPSA) is 78.9 Å². The Morgan fingerprint density at radius 3 is 1.00 bits per heavy atom. The fourth-order valence-corrected chi connectivity index (χ4v) is 7.05. The van der Waals surface area contributed by atoms with E-state index in [1.165, 1.54) is 83.5 Å². The largest absolute Gasteiger partial charge is 0.462 e. The minimum Gasteiger partial charge on any atom is -0.462 e. The standard InChI is InChI=1S/C56H96O6/c1-4-7-10-13-16-18-20-22-24-26-27-28-29-30-32-33-35-37-40-43-46-49-55(58)61-52-53(51-60-54(57)48-45-42-39-15-12-9-6-3)62-56(59)50-47-44-41-38-36-34-31-25-23-21-19-17-14-11-8-5-2/h7,10,16,18,22,24-25,27-28,30-32,53H,4-6,8-9,11-15,17,19-21,23,26,29,33-52H2,1-3H3/b10-7-,18-16-,24-22-,28-27-,31-25-,32-30-. The molecule has 0 radical (unpaired) electrons. The Morgan fingerprint density at radius 1 is 0.339 bits per heavy atom. The molecule has 0 amide bonds. The molecule has 6 nitrogen and oxygen atoms in total. The molecule has 0 aromatic rings. The van der Waals surface area contributed by atoms with E-state index in [4.69, 9.17) is 14.2 Å². The van der Waals surface area contributed by atoms with Crippen molar-refractivity contribution < 1.29 is 28.6 Å². The van der Waals surface area contributed by atoms with Gasteiger partial charge in [0, 0.05) is 19.3 Å². The van der Waals surface area contributed by atoms with Gasteiger partial charge in [0.25, 0.3) is 0 Å². The summed E-state index contributed by atoms with van der Waals surface area (Å²) in [5, 5.41) is 0. The van der Waals surface area contributed by atoms with Crippen LogP contribution in [-0.2, 0) is 28.6 Å². The van der Waals surface area contributed by atoms with Gasteiger partial charge < -0.3 is 14.2 Å². The summed E-state index contributed by atoms with van der Waals surface area (Å²) in [5.41, 5.74) is 0. The molecule has 0 saturated heterocycles. The number of carbonyl (C=O) groups excluding carboxylic acids is 3. The van der Waals surface area contributed by atoms with Gasteiger partial charge in [0.15, 0.2) is 6.10 Å². The molecule has 0 aliphatic rings. The second-order valence-electron chi connectivity index (χ2n) is 17.1. The van der Waals surface area contributed by atoms with Crippen molar-refractivity contribution in [2.45, 2.75) is 252 Å². The molecule has 0 aliphatic carbocycles. The van der Waals surface area contributed by atoms with Crippen molar-refractivity contribution in [3.05, 3.63) is 72.9 Å². The fourth-order valence-electron chi connectivity index (χ4n) is 7.05. The maximum atomic E-state index is 12.8. The van der Waals surface area contributed by atoms with E-state index in [0.717, 1.165) is 122 Å². The molecular formula is C56H96O6. The molecule has 0 rings (SSSR count). The first-order valence-electron chi connectivity index (χ1n) is 25.9. The molecule has 0 aromatic carbocycles. The molecule has 0 spiro atoms. The summed E-state index contributed by atoms with van der Waals surface area (Å²) in [5.74, 6) is -0.918. The average molecular weight is 865 g/mol. The highest BCUT2D eigenvalue weighted by molar-refractivity contribution is 5.71. The molecule has 0 saturated carbocycles. The first kappa shape index (κ1) is 58.9. The molecule has 62 heavy (non-hydrogen) atoms. The molecule has 0 N–H and O–H groups in total. The number of hydrogen-bond acceptors (Lipinski definition) is 6. The van der Waals surface area contributed by atoms with Crippen LogP contribution in [0.4, 0.5) is 0 Å². The Kier molecular flexibility index (Phi) is 47.9. The van der Waals surface area contributed by atoms with Gasteiger partial charge in [0.1, 0.15) is 13.2 Å². The van der Waals surface area contributed by atoms with Crippen LogP contribution in [0.3, 0.4) is 0 Å². The summed E-state index contributed by atoms with van der Waals surface area (Å²) in [6.45, 7) is 6.46. The molecule has 6 heteroatoms. The lowest BCUT2D eigenvalue weighted by Gasteiger charge is -2.18. The number of rotatable bonds is 46. The SMILES string of the molecule is CC/C=C\C/C=C\C/C=C\C/C=C\C/C=C\CCCCCCCC(=O)OCC(COC(=O)CCCCCCCCC)OC(=O)CCCCCCC/C=C\CCCCCCCCC. The fraction of sp³-hybridized carbons (Fsp3) is 0.732. The second-order valence-corrected chi connectivity index (χ2v) is 17.1. The Balaban J connectivity index is 4.30. The maximum absolute atomic E-state index is 12.8. The van der Waals surface area contributed by atoms with Gasteiger partial charge in [-0.2, -0.15) is 0 Å². The zero-order valence-corrected chi connectivity index (χ0v) is 40.6. The molecular weight excluding hydrogens is 769 g/mol. The van der Waals surface area contributed by atoms with Crippen LogP contribution in [0.1, 0.15) is 245 Å². The van der Waals surface area contributed by atoms with Crippen molar-refractivity contribution in [2.24, 2.45) is 0 Å². The van der Waals surface area contributed by atoms with Crippen molar-refractivity contribution in [2.75, 3.05) is 13.2 Å². The van der Waals surface area contributed by atoms with Crippen LogP contribution in [0.25, 0.3) is 0 Å². The predicted octanol–water partition coefficient (Wildman–Crippen LogP) is 17.0. The van der Waals surface area contributed by atoms with Crippen molar-refractivity contribution in [1.82, 2.24) is 0 Å². The van der Waals surface area contributed by atoms with Crippen molar-refractivity contribution in [1.29, 1.82) is 0 Å². The summed E-state index contributed by atoms with van der Waals surface area (Å²) < 4.78 is 16.7. The van der Waals surface area contributed by atoms with E-state index in [-0.39, 0.29) is 31.1 Å². The van der Waals surface area contributed by atoms with E-state index in [1.807, 2.05) is 0 Å². The average Bonchev–Trinajstić information content (AvgIpc) is 3.27. The quantitative estimate of drug-likeness (QED) is 0.0262. The van der Waals surface area contributed by atoms with Gasteiger partial charge in [-0.3, -0.25) is 14.4 Å². The van der Waals surface area contributed by atoms with Crippen LogP contribution in [-0.4, -0.2) is 37.2 Å². The molecule has 1 atom stereocenters. The lowest BCUT2D eigenvalue weighted by atomic mass is 10.1. The number of ether oxygens (including phenoxy) is 3. The lowest BCUT2D eigenvalue weighted by Crippen LogP contribution is -2.30. The highest BCUT2D eigenvalue weighted by atomic mass is 16.6. The number of allylic oxidation sites excluding steroid dienone is 12. The van der Waals surface area contributed by atoms with E-state index >= 15 is 0 Å². The second kappa shape index (κ2) is 50.5. The van der Waals surface area contributed by atoms with E-state index in [2.05, 4.69) is 93.7 Å². The van der Waals surface area contributed by atoms with Crippen LogP contribution in [0, 0.1) is 0 Å². The highest BCUT2D eigenvalue weighted by Gasteiger charge is 2.19. The monoisotopic (exact) mass is 865 g/mol. The third-order valence-corrected chi connectivity index (χ3v) is 10.9. The zero-order chi connectivity index (χ0) is 45.1. The molecule has 0 fully saturated rings. The molecule has 356 valence electrons. The molecule has 0 aromatic heterocycles. The van der Waals surface area contributed by atoms with Crippen LogP contribution >= 0.6 is 0 Å². The summed E-state index contributed by atoms with van der Waals surface area (Å²) >= 11 is 0. The predicted molar refractivity (Wildman–Crippen MR) is 265 cm³/mol. The van der Waals surface area contributed by atoms with Gasteiger partial charge in [-0.15, -0.1) is 0 Å². The third kappa shape index (κ3) is 47.9. The van der Waals surface area contributed by atoms with Crippen molar-refractivity contribution in [3.63, 3.8) is 0 Å². The first-order chi connectivity index (χ1) is 30.5. The van der Waals surface area contributed by atoms with Gasteiger partial charge in [-0.05, 0) is 89.9 Å². The minimum atomic E-state index is -0.784. The third-order valence-electron chi connectivity index (χ3n) is 10.9. The van der Waals surface area contributed by atoms with Gasteiger partial charge >= 0.3 is 17.9 Å². The number of esters is 3. The van der Waals surface area contributed by atoms with Crippen LogP contribution in [0.2, 0.25) is 0 Å². The summed E-state index contributed by atoms with van der Waals surface area (Å²) in [7, 11) is 0. The Morgan fingerprint density at radius 2 is 0.629 bits per heavy atom. The molecule has 0 bridgehead atoms. The lowest BCUT2D eigenvalue weighted by molar-refractivity contribution is -0.167. The van der Waals surface area contributed by atoms with Crippen LogP contribution in [0.5, 0.6) is 0 Å². The Hall–Kier alpha value is -3.15. The smallest absolute Gasteiger partial charge is 0.306 e. The van der Waals surface area contributed by atoms with Crippen LogP contribution < -0.4 is 0 Å². The number of hydrogen-bond donors (Lipinski definition) is 0. The summed E-state index contributed by atoms with van der Waals surface area (Å²) in [6.07, 6.45) is 63.3. The summed E-state index contributed by atoms with van der Waals surface area (Å²) in [4.78, 5) is 37.8. The van der Waals surface area contributed by atoms with E-state index in [0.29, 0.717) is 19.3 Å². The van der Waals surface area contributed by atoms with Crippen LogP contribution in [0.15, 0.2) is 72.9 Å². The number of unbranched alkanes of at least 4 members (excludes halogenated alkanes) is 23. The van der Waals surface area contributed by atoms with E-state index in [9.17, 15) is 14.4 Å². The Bertz CT molecular complexity index is 1180. The van der Waals surface area contributed by atoms with Gasteiger partial charge in [0.05, 0.1) is 0 Å². The minimum absolute atomic E-state index is 0.0846. The first-order valence-corrected chi connectivity index (χ1v) is 25.9. The van der Waals surface area contributed by atoms with E-state index < -0.39 is 6.10 Å². The maximum Gasteiger partial charge on any atom is 0.306 e. The molecule has 1 unspecified atom stereocenters.